The van der Waals surface area contributed by atoms with Gasteiger partial charge in [0, 0.05) is 19.6 Å². The Balaban J connectivity index is 1.92. The van der Waals surface area contributed by atoms with Crippen molar-refractivity contribution < 1.29 is 14.3 Å². The van der Waals surface area contributed by atoms with Gasteiger partial charge in [0.25, 0.3) is 0 Å². The van der Waals surface area contributed by atoms with Crippen molar-refractivity contribution in [2.45, 2.75) is 33.0 Å². The number of hydrogen-bond donors (Lipinski definition) is 2. The van der Waals surface area contributed by atoms with E-state index >= 15 is 0 Å². The van der Waals surface area contributed by atoms with Crippen molar-refractivity contribution >= 4 is 6.09 Å². The van der Waals surface area contributed by atoms with Gasteiger partial charge in [-0.05, 0) is 26.3 Å². The van der Waals surface area contributed by atoms with Gasteiger partial charge in [-0.15, -0.1) is 0 Å². The van der Waals surface area contributed by atoms with Crippen molar-refractivity contribution in [3.8, 4) is 0 Å². The number of alkyl carbamates (subject to hydrolysis) is 1. The van der Waals surface area contributed by atoms with E-state index in [0.717, 1.165) is 6.54 Å². The molecule has 0 aliphatic heterocycles. The van der Waals surface area contributed by atoms with Crippen molar-refractivity contribution in [2.24, 2.45) is 0 Å². The number of carbonyl (C=O) groups is 1. The number of nitrogens with one attached hydrogen (secondary N) is 2. The summed E-state index contributed by atoms with van der Waals surface area (Å²) in [5.41, 5.74) is 0.715. The number of benzene rings is 1. The highest BCUT2D eigenvalue weighted by atomic mass is 16.6. The van der Waals surface area contributed by atoms with Crippen LogP contribution in [0.1, 0.15) is 26.3 Å². The summed E-state index contributed by atoms with van der Waals surface area (Å²) in [6.07, 6.45) is -0.385. The van der Waals surface area contributed by atoms with Crippen LogP contribution in [0.3, 0.4) is 0 Å². The van der Waals surface area contributed by atoms with E-state index in [1.54, 1.807) is 0 Å². The highest BCUT2D eigenvalue weighted by molar-refractivity contribution is 5.67. The van der Waals surface area contributed by atoms with Crippen LogP contribution in [0.5, 0.6) is 0 Å². The molecule has 118 valence electrons. The lowest BCUT2D eigenvalue weighted by molar-refractivity contribution is 0.0528. The van der Waals surface area contributed by atoms with Gasteiger partial charge < -0.3 is 20.1 Å². The van der Waals surface area contributed by atoms with Gasteiger partial charge in [-0.3, -0.25) is 0 Å². The molecule has 0 saturated heterocycles. The Labute approximate surface area is 127 Å². The zero-order chi connectivity index (χ0) is 15.6. The third-order valence-corrected chi connectivity index (χ3v) is 2.50. The molecule has 0 aliphatic rings. The van der Waals surface area contributed by atoms with Crippen molar-refractivity contribution in [2.75, 3.05) is 26.2 Å². The highest BCUT2D eigenvalue weighted by Crippen LogP contribution is 2.05. The van der Waals surface area contributed by atoms with E-state index in [9.17, 15) is 4.79 Å². The topological polar surface area (TPSA) is 59.6 Å². The van der Waals surface area contributed by atoms with Crippen LogP contribution >= 0.6 is 0 Å². The number of ether oxygens (including phenoxy) is 2. The fraction of sp³-hybridized carbons (Fsp3) is 0.562. The first kappa shape index (κ1) is 17.5. The molecule has 0 radical (unpaired) electrons. The van der Waals surface area contributed by atoms with Crippen molar-refractivity contribution in [1.29, 1.82) is 0 Å². The van der Waals surface area contributed by atoms with Crippen LogP contribution < -0.4 is 10.6 Å². The predicted molar refractivity (Wildman–Crippen MR) is 83.2 cm³/mol. The molecule has 21 heavy (non-hydrogen) atoms. The molecule has 2 N–H and O–H groups in total. The van der Waals surface area contributed by atoms with E-state index in [0.29, 0.717) is 26.3 Å². The Morgan fingerprint density at radius 3 is 2.48 bits per heavy atom. The first-order valence-electron chi connectivity index (χ1n) is 7.26. The minimum atomic E-state index is -0.456. The van der Waals surface area contributed by atoms with E-state index < -0.39 is 5.60 Å². The van der Waals surface area contributed by atoms with Crippen LogP contribution in [0.4, 0.5) is 4.79 Å². The average molecular weight is 294 g/mol. The van der Waals surface area contributed by atoms with Crippen molar-refractivity contribution in [3.63, 3.8) is 0 Å². The predicted octanol–water partition coefficient (Wildman–Crippen LogP) is 2.32. The van der Waals surface area contributed by atoms with Gasteiger partial charge in [0.05, 0.1) is 13.2 Å². The van der Waals surface area contributed by atoms with Crippen molar-refractivity contribution in [3.05, 3.63) is 35.9 Å². The summed E-state index contributed by atoms with van der Waals surface area (Å²) in [7, 11) is 0. The minimum Gasteiger partial charge on any atom is -0.444 e. The molecule has 0 aliphatic carbocycles. The fourth-order valence-electron chi connectivity index (χ4n) is 1.60. The molecule has 0 atom stereocenters. The molecule has 0 aromatic heterocycles. The Kier molecular flexibility index (Phi) is 7.79. The first-order chi connectivity index (χ1) is 9.97. The lowest BCUT2D eigenvalue weighted by Crippen LogP contribution is -2.37. The summed E-state index contributed by atoms with van der Waals surface area (Å²) >= 11 is 0. The van der Waals surface area contributed by atoms with Gasteiger partial charge in [0.1, 0.15) is 5.60 Å². The Morgan fingerprint density at radius 1 is 1.10 bits per heavy atom. The average Bonchev–Trinajstić information content (AvgIpc) is 2.41. The highest BCUT2D eigenvalue weighted by Gasteiger charge is 2.15. The van der Waals surface area contributed by atoms with Gasteiger partial charge in [-0.25, -0.2) is 4.79 Å². The monoisotopic (exact) mass is 294 g/mol. The Hall–Kier alpha value is -1.59. The normalized spacial score (nSPS) is 11.2. The van der Waals surface area contributed by atoms with Gasteiger partial charge in [0.15, 0.2) is 0 Å². The maximum absolute atomic E-state index is 11.4. The third-order valence-electron chi connectivity index (χ3n) is 2.50. The van der Waals surface area contributed by atoms with Crippen LogP contribution in [0.2, 0.25) is 0 Å². The van der Waals surface area contributed by atoms with Crippen LogP contribution in [0.25, 0.3) is 0 Å². The van der Waals surface area contributed by atoms with E-state index in [-0.39, 0.29) is 6.09 Å². The molecule has 0 saturated carbocycles. The second-order valence-corrected chi connectivity index (χ2v) is 5.72. The molecule has 1 aromatic rings. The molecular formula is C16H26N2O3. The number of carbonyl (C=O) groups excluding carboxylic acids is 1. The summed E-state index contributed by atoms with van der Waals surface area (Å²) in [5, 5.41) is 5.89. The standard InChI is InChI=1S/C16H26N2O3/c1-16(2,3)21-15(19)18-10-9-17-11-12-20-13-14-7-5-4-6-8-14/h4-8,17H,9-13H2,1-3H3,(H,18,19). The molecular weight excluding hydrogens is 268 g/mol. The van der Waals surface area contributed by atoms with E-state index in [1.165, 1.54) is 5.56 Å². The van der Waals surface area contributed by atoms with E-state index in [1.807, 2.05) is 51.1 Å². The molecule has 1 amide bonds. The zero-order valence-corrected chi connectivity index (χ0v) is 13.1. The van der Waals surface area contributed by atoms with Crippen molar-refractivity contribution in [1.82, 2.24) is 10.6 Å². The summed E-state index contributed by atoms with van der Waals surface area (Å²) < 4.78 is 10.7. The second kappa shape index (κ2) is 9.37. The maximum atomic E-state index is 11.4. The van der Waals surface area contributed by atoms with Gasteiger partial charge >= 0.3 is 6.09 Å². The molecule has 1 rings (SSSR count). The Morgan fingerprint density at radius 2 is 1.81 bits per heavy atom. The summed E-state index contributed by atoms with van der Waals surface area (Å²) in [4.78, 5) is 11.4. The first-order valence-corrected chi connectivity index (χ1v) is 7.26. The molecule has 5 heteroatoms. The second-order valence-electron chi connectivity index (χ2n) is 5.72. The van der Waals surface area contributed by atoms with Gasteiger partial charge in [-0.1, -0.05) is 30.3 Å². The fourth-order valence-corrected chi connectivity index (χ4v) is 1.60. The number of hydrogen-bond acceptors (Lipinski definition) is 4. The maximum Gasteiger partial charge on any atom is 0.407 e. The largest absolute Gasteiger partial charge is 0.444 e. The molecule has 0 unspecified atom stereocenters. The summed E-state index contributed by atoms with van der Waals surface area (Å²) in [6.45, 7) is 8.77. The Bertz CT molecular complexity index is 402. The molecule has 0 spiro atoms. The summed E-state index contributed by atoms with van der Waals surface area (Å²) in [6, 6.07) is 10.1. The quantitative estimate of drug-likeness (QED) is 0.722. The van der Waals surface area contributed by atoms with Gasteiger partial charge in [0.2, 0.25) is 0 Å². The SMILES string of the molecule is CC(C)(C)OC(=O)NCCNCCOCc1ccccc1. The molecule has 0 fully saturated rings. The third kappa shape index (κ3) is 9.87. The van der Waals surface area contributed by atoms with Crippen LogP contribution in [-0.2, 0) is 16.1 Å². The number of rotatable bonds is 8. The van der Waals surface area contributed by atoms with Crippen LogP contribution in [-0.4, -0.2) is 37.9 Å². The lowest BCUT2D eigenvalue weighted by Gasteiger charge is -2.19. The van der Waals surface area contributed by atoms with Crippen LogP contribution in [0.15, 0.2) is 30.3 Å². The summed E-state index contributed by atoms with van der Waals surface area (Å²) in [5.74, 6) is 0. The molecule has 5 nitrogen and oxygen atoms in total. The zero-order valence-electron chi connectivity index (χ0n) is 13.1. The van der Waals surface area contributed by atoms with E-state index in [2.05, 4.69) is 10.6 Å². The molecule has 1 aromatic carbocycles. The van der Waals surface area contributed by atoms with Crippen LogP contribution in [0, 0.1) is 0 Å². The molecule has 0 heterocycles. The molecule has 0 bridgehead atoms. The lowest BCUT2D eigenvalue weighted by atomic mass is 10.2. The smallest absolute Gasteiger partial charge is 0.407 e. The number of amides is 1. The van der Waals surface area contributed by atoms with E-state index in [4.69, 9.17) is 9.47 Å². The van der Waals surface area contributed by atoms with Gasteiger partial charge in [-0.2, -0.15) is 0 Å². The minimum absolute atomic E-state index is 0.385.